The Morgan fingerprint density at radius 1 is 1.20 bits per heavy atom. The van der Waals surface area contributed by atoms with Crippen LogP contribution in [0.15, 0.2) is 0 Å². The Labute approximate surface area is 157 Å². The van der Waals surface area contributed by atoms with E-state index in [1.807, 2.05) is 20.8 Å². The molecule has 0 N–H and O–H groups in total. The average Bonchev–Trinajstić information content (AvgIpc) is 2.71. The Kier molecular flexibility index (Phi) is 6.94. The molecule has 4 nitrogen and oxygen atoms in total. The lowest BCUT2D eigenvalue weighted by atomic mass is 9.81. The highest BCUT2D eigenvalue weighted by Gasteiger charge is 2.48. The van der Waals surface area contributed by atoms with Crippen LogP contribution >= 0.6 is 11.8 Å². The zero-order valence-electron chi connectivity index (χ0n) is 17.1. The second-order valence-corrected chi connectivity index (χ2v) is 11.4. The molecule has 5 heteroatoms. The van der Waals surface area contributed by atoms with Crippen molar-refractivity contribution in [2.45, 2.75) is 96.6 Å². The van der Waals surface area contributed by atoms with Crippen molar-refractivity contribution >= 4 is 29.9 Å². The van der Waals surface area contributed by atoms with Crippen LogP contribution in [0, 0.1) is 11.3 Å². The zero-order valence-corrected chi connectivity index (χ0v) is 18.0. The summed E-state index contributed by atoms with van der Waals surface area (Å²) in [5, 5.41) is -0.319. The van der Waals surface area contributed by atoms with Gasteiger partial charge < -0.3 is 4.79 Å². The maximum Gasteiger partial charge on any atom is 0.243 e. The number of hydrogen-bond donors (Lipinski definition) is 0. The van der Waals surface area contributed by atoms with Crippen LogP contribution < -0.4 is 0 Å². The van der Waals surface area contributed by atoms with E-state index >= 15 is 0 Å². The molecule has 1 rings (SSSR count). The van der Waals surface area contributed by atoms with E-state index in [2.05, 4.69) is 34.6 Å². The predicted octanol–water partition coefficient (Wildman–Crippen LogP) is 4.46. The molecule has 0 aliphatic carbocycles. The Hall–Kier alpha value is -0.840. The fourth-order valence-electron chi connectivity index (χ4n) is 3.96. The smallest absolute Gasteiger partial charge is 0.243 e. The van der Waals surface area contributed by atoms with Gasteiger partial charge in [-0.05, 0) is 32.1 Å². The van der Waals surface area contributed by atoms with Crippen LogP contribution in [0.5, 0.6) is 0 Å². The van der Waals surface area contributed by atoms with Crippen molar-refractivity contribution in [3.05, 3.63) is 0 Å². The maximum absolute atomic E-state index is 12.9. The van der Waals surface area contributed by atoms with Gasteiger partial charge in [0.15, 0.2) is 0 Å². The van der Waals surface area contributed by atoms with E-state index in [0.29, 0.717) is 6.42 Å². The minimum atomic E-state index is -0.628. The lowest BCUT2D eigenvalue weighted by Gasteiger charge is -2.37. The second-order valence-electron chi connectivity index (χ2n) is 9.46. The number of nitrogens with zero attached hydrogens (tertiary/aromatic N) is 1. The summed E-state index contributed by atoms with van der Waals surface area (Å²) in [6, 6.07) is 0. The summed E-state index contributed by atoms with van der Waals surface area (Å²) in [6.45, 7) is 16.6. The van der Waals surface area contributed by atoms with E-state index in [1.165, 1.54) is 4.90 Å². The van der Waals surface area contributed by atoms with E-state index in [-0.39, 0.29) is 39.6 Å². The van der Waals surface area contributed by atoms with Crippen LogP contribution in [0.2, 0.25) is 0 Å². The van der Waals surface area contributed by atoms with Crippen LogP contribution in [-0.4, -0.2) is 38.5 Å². The number of aldehydes is 1. The number of thioether (sulfide) groups is 1. The summed E-state index contributed by atoms with van der Waals surface area (Å²) in [6.07, 6.45) is 3.72. The number of carbonyl (C=O) groups excluding carboxylic acids is 3. The largest absolute Gasteiger partial charge is 0.303 e. The van der Waals surface area contributed by atoms with Crippen LogP contribution in [0.25, 0.3) is 0 Å². The molecule has 1 heterocycles. The van der Waals surface area contributed by atoms with Gasteiger partial charge in [0.25, 0.3) is 0 Å². The predicted molar refractivity (Wildman–Crippen MR) is 105 cm³/mol. The van der Waals surface area contributed by atoms with Crippen LogP contribution in [0.1, 0.15) is 81.1 Å². The van der Waals surface area contributed by atoms with Crippen molar-refractivity contribution < 1.29 is 14.4 Å². The van der Waals surface area contributed by atoms with Gasteiger partial charge in [-0.3, -0.25) is 14.5 Å². The number of rotatable bonds is 9. The first kappa shape index (κ1) is 22.2. The van der Waals surface area contributed by atoms with E-state index in [0.717, 1.165) is 19.1 Å². The first-order valence-corrected chi connectivity index (χ1v) is 10.1. The number of hydrogen-bond acceptors (Lipinski definition) is 4. The lowest BCUT2D eigenvalue weighted by Crippen LogP contribution is -2.49. The number of carbonyl (C=O) groups is 3. The van der Waals surface area contributed by atoms with Crippen LogP contribution in [0.4, 0.5) is 0 Å². The fourth-order valence-corrected chi connectivity index (χ4v) is 5.64. The Balaban J connectivity index is 2.88. The van der Waals surface area contributed by atoms with Crippen molar-refractivity contribution in [3.8, 4) is 0 Å². The second kappa shape index (κ2) is 7.81. The standard InChI is InChI=1S/C20H35NO3S/c1-9-18(3,4)13-20(7,8)25-15-10-16(23)21(17(15)24)19(5,6)11-14(2)12-22/h12,14-15H,9-11,13H2,1-8H3. The molecule has 2 atom stereocenters. The van der Waals surface area contributed by atoms with Gasteiger partial charge in [-0.2, -0.15) is 0 Å². The topological polar surface area (TPSA) is 54.5 Å². The minimum absolute atomic E-state index is 0.0731. The third-order valence-electron chi connectivity index (χ3n) is 5.09. The summed E-state index contributed by atoms with van der Waals surface area (Å²) in [5.41, 5.74) is -0.419. The van der Waals surface area contributed by atoms with Crippen molar-refractivity contribution in [3.63, 3.8) is 0 Å². The first-order chi connectivity index (χ1) is 11.2. The van der Waals surface area contributed by atoms with Crippen molar-refractivity contribution in [1.29, 1.82) is 0 Å². The summed E-state index contributed by atoms with van der Waals surface area (Å²) < 4.78 is -0.0731. The number of amides is 2. The van der Waals surface area contributed by atoms with Gasteiger partial charge >= 0.3 is 0 Å². The van der Waals surface area contributed by atoms with Crippen molar-refractivity contribution in [1.82, 2.24) is 4.90 Å². The molecule has 0 spiro atoms. The molecule has 1 aliphatic heterocycles. The summed E-state index contributed by atoms with van der Waals surface area (Å²) in [7, 11) is 0. The average molecular weight is 370 g/mol. The Morgan fingerprint density at radius 2 is 1.76 bits per heavy atom. The summed E-state index contributed by atoms with van der Waals surface area (Å²) in [4.78, 5) is 37.9. The van der Waals surface area contributed by atoms with Crippen molar-refractivity contribution in [2.75, 3.05) is 0 Å². The molecule has 1 saturated heterocycles. The maximum atomic E-state index is 12.9. The molecule has 1 fully saturated rings. The summed E-state index contributed by atoms with van der Waals surface area (Å²) in [5.74, 6) is -0.388. The zero-order chi connectivity index (χ0) is 19.6. The van der Waals surface area contributed by atoms with Gasteiger partial charge in [-0.15, -0.1) is 11.8 Å². The lowest BCUT2D eigenvalue weighted by molar-refractivity contribution is -0.145. The normalized spacial score (nSPS) is 21.0. The molecule has 0 aromatic heterocycles. The fraction of sp³-hybridized carbons (Fsp3) is 0.850. The Morgan fingerprint density at radius 3 is 2.24 bits per heavy atom. The minimum Gasteiger partial charge on any atom is -0.303 e. The molecule has 25 heavy (non-hydrogen) atoms. The summed E-state index contributed by atoms with van der Waals surface area (Å²) >= 11 is 1.63. The molecular formula is C20H35NO3S. The van der Waals surface area contributed by atoms with Crippen LogP contribution in [0.3, 0.4) is 0 Å². The van der Waals surface area contributed by atoms with Crippen LogP contribution in [-0.2, 0) is 14.4 Å². The van der Waals surface area contributed by atoms with Gasteiger partial charge in [0.2, 0.25) is 11.8 Å². The van der Waals surface area contributed by atoms with Gasteiger partial charge in [0.05, 0.1) is 5.25 Å². The number of likely N-dealkylation sites (tertiary alicyclic amines) is 1. The van der Waals surface area contributed by atoms with E-state index in [4.69, 9.17) is 0 Å². The molecule has 0 saturated carbocycles. The quantitative estimate of drug-likeness (QED) is 0.445. The van der Waals surface area contributed by atoms with Crippen molar-refractivity contribution in [2.24, 2.45) is 11.3 Å². The molecule has 0 radical (unpaired) electrons. The molecule has 2 unspecified atom stereocenters. The third kappa shape index (κ3) is 5.83. The van der Waals surface area contributed by atoms with Gasteiger partial charge in [-0.25, -0.2) is 0 Å². The van der Waals surface area contributed by atoms with Gasteiger partial charge in [0, 0.05) is 22.6 Å². The molecule has 144 valence electrons. The van der Waals surface area contributed by atoms with E-state index in [9.17, 15) is 14.4 Å². The highest BCUT2D eigenvalue weighted by atomic mass is 32.2. The van der Waals surface area contributed by atoms with E-state index < -0.39 is 5.54 Å². The third-order valence-corrected chi connectivity index (χ3v) is 6.52. The molecule has 0 bridgehead atoms. The molecule has 1 aliphatic rings. The highest BCUT2D eigenvalue weighted by Crippen LogP contribution is 2.44. The monoisotopic (exact) mass is 369 g/mol. The molecule has 2 amide bonds. The first-order valence-electron chi connectivity index (χ1n) is 9.25. The molecular weight excluding hydrogens is 334 g/mol. The van der Waals surface area contributed by atoms with E-state index in [1.54, 1.807) is 11.8 Å². The molecule has 0 aromatic carbocycles. The highest BCUT2D eigenvalue weighted by molar-refractivity contribution is 8.02. The Bertz CT molecular complexity index is 525. The van der Waals surface area contributed by atoms with Gasteiger partial charge in [-0.1, -0.05) is 48.0 Å². The number of imide groups is 1. The SMILES string of the molecule is CCC(C)(C)CC(C)(C)SC1CC(=O)N(C(C)(C)CC(C)C=O)C1=O. The molecule has 0 aromatic rings. The van der Waals surface area contributed by atoms with Gasteiger partial charge in [0.1, 0.15) is 6.29 Å².